The van der Waals surface area contributed by atoms with E-state index in [1.54, 1.807) is 12.1 Å². The molecule has 1 aromatic heterocycles. The maximum atomic E-state index is 9.77. The van der Waals surface area contributed by atoms with Gasteiger partial charge in [0, 0.05) is 12.6 Å². The Morgan fingerprint density at radius 3 is 2.74 bits per heavy atom. The molecule has 0 saturated carbocycles. The van der Waals surface area contributed by atoms with Crippen LogP contribution in [0.25, 0.3) is 22.4 Å². The van der Waals surface area contributed by atoms with Gasteiger partial charge >= 0.3 is 0 Å². The normalized spacial score (nSPS) is 11.1. The number of phenols is 1. The number of fused-ring (bicyclic) bond motifs is 1. The summed E-state index contributed by atoms with van der Waals surface area (Å²) >= 11 is 9.47. The number of hydrogen-bond acceptors (Lipinski definition) is 2. The molecule has 19 heavy (non-hydrogen) atoms. The molecular formula is C14H10BrClN2O. The number of rotatable bonds is 1. The molecular weight excluding hydrogens is 328 g/mol. The van der Waals surface area contributed by atoms with Crippen LogP contribution >= 0.6 is 27.5 Å². The highest BCUT2D eigenvalue weighted by Gasteiger charge is 2.13. The Labute approximate surface area is 123 Å². The number of benzene rings is 2. The number of phenolic OH excluding ortho intramolecular Hbond substituents is 1. The number of para-hydroxylation sites is 1. The summed E-state index contributed by atoms with van der Waals surface area (Å²) in [6.45, 7) is 0. The predicted molar refractivity (Wildman–Crippen MR) is 80.5 cm³/mol. The maximum Gasteiger partial charge on any atom is 0.141 e. The molecule has 1 N–H and O–H groups in total. The third-order valence-corrected chi connectivity index (χ3v) is 4.02. The second kappa shape index (κ2) is 4.54. The third-order valence-electron chi connectivity index (χ3n) is 3.05. The van der Waals surface area contributed by atoms with Gasteiger partial charge in [0.2, 0.25) is 0 Å². The summed E-state index contributed by atoms with van der Waals surface area (Å²) < 4.78 is 2.59. The van der Waals surface area contributed by atoms with Gasteiger partial charge in [-0.3, -0.25) is 0 Å². The van der Waals surface area contributed by atoms with Gasteiger partial charge in [0.25, 0.3) is 0 Å². The van der Waals surface area contributed by atoms with E-state index in [1.807, 2.05) is 35.9 Å². The Morgan fingerprint density at radius 1 is 1.26 bits per heavy atom. The van der Waals surface area contributed by atoms with E-state index in [-0.39, 0.29) is 5.75 Å². The lowest BCUT2D eigenvalue weighted by molar-refractivity contribution is 0.472. The summed E-state index contributed by atoms with van der Waals surface area (Å²) in [5, 5.41) is 10.4. The molecule has 5 heteroatoms. The average molecular weight is 338 g/mol. The van der Waals surface area contributed by atoms with E-state index < -0.39 is 0 Å². The molecule has 0 atom stereocenters. The summed E-state index contributed by atoms with van der Waals surface area (Å²) in [5.41, 5.74) is 2.57. The van der Waals surface area contributed by atoms with E-state index >= 15 is 0 Å². The van der Waals surface area contributed by atoms with Crippen molar-refractivity contribution in [3.05, 3.63) is 45.9 Å². The van der Waals surface area contributed by atoms with Crippen LogP contribution in [0.15, 0.2) is 40.9 Å². The monoisotopic (exact) mass is 336 g/mol. The van der Waals surface area contributed by atoms with Crippen LogP contribution in [0, 0.1) is 0 Å². The highest BCUT2D eigenvalue weighted by atomic mass is 79.9. The number of hydrogen-bond donors (Lipinski definition) is 1. The lowest BCUT2D eigenvalue weighted by Gasteiger charge is -2.04. The zero-order valence-corrected chi connectivity index (χ0v) is 12.4. The Bertz CT molecular complexity index is 782. The van der Waals surface area contributed by atoms with E-state index in [2.05, 4.69) is 20.9 Å². The first-order chi connectivity index (χ1) is 9.08. The SMILES string of the molecule is Cn1c(-c2ccc(Br)c(O)c2)nc2cccc(Cl)c21. The van der Waals surface area contributed by atoms with Crippen molar-refractivity contribution in [1.82, 2.24) is 9.55 Å². The highest BCUT2D eigenvalue weighted by Crippen LogP contribution is 2.32. The van der Waals surface area contributed by atoms with Crippen molar-refractivity contribution in [2.24, 2.45) is 7.05 Å². The fourth-order valence-electron chi connectivity index (χ4n) is 2.13. The average Bonchev–Trinajstić information content (AvgIpc) is 2.72. The quantitative estimate of drug-likeness (QED) is 0.716. The third kappa shape index (κ3) is 2.01. The van der Waals surface area contributed by atoms with Crippen LogP contribution in [0.1, 0.15) is 0 Å². The standard InChI is InChI=1S/C14H10BrClN2O/c1-18-13-10(16)3-2-4-11(13)17-14(18)8-5-6-9(15)12(19)7-8/h2-7,19H,1H3. The van der Waals surface area contributed by atoms with Crippen LogP contribution in [0.3, 0.4) is 0 Å². The first kappa shape index (κ1) is 12.5. The fraction of sp³-hybridized carbons (Fsp3) is 0.0714. The fourth-order valence-corrected chi connectivity index (χ4v) is 2.67. The van der Waals surface area contributed by atoms with Gasteiger partial charge in [-0.2, -0.15) is 0 Å². The number of aromatic nitrogens is 2. The van der Waals surface area contributed by atoms with Crippen molar-refractivity contribution >= 4 is 38.6 Å². The molecule has 0 amide bonds. The van der Waals surface area contributed by atoms with Crippen LogP contribution in [-0.4, -0.2) is 14.7 Å². The number of aromatic hydroxyl groups is 1. The molecule has 0 aliphatic heterocycles. The minimum absolute atomic E-state index is 0.190. The van der Waals surface area contributed by atoms with Gasteiger partial charge in [0.05, 0.1) is 20.5 Å². The van der Waals surface area contributed by atoms with Gasteiger partial charge in [0.1, 0.15) is 11.6 Å². The molecule has 0 unspecified atom stereocenters. The van der Waals surface area contributed by atoms with Gasteiger partial charge in [-0.1, -0.05) is 17.7 Å². The molecule has 0 aliphatic carbocycles. The lowest BCUT2D eigenvalue weighted by Crippen LogP contribution is -1.92. The van der Waals surface area contributed by atoms with Crippen LogP contribution in [0.2, 0.25) is 5.02 Å². The van der Waals surface area contributed by atoms with E-state index in [9.17, 15) is 5.11 Å². The summed E-state index contributed by atoms with van der Waals surface area (Å²) in [6, 6.07) is 11.0. The van der Waals surface area contributed by atoms with Crippen LogP contribution in [0.5, 0.6) is 5.75 Å². The predicted octanol–water partition coefficient (Wildman–Crippen LogP) is 4.36. The summed E-state index contributed by atoms with van der Waals surface area (Å²) in [6.07, 6.45) is 0. The Hall–Kier alpha value is -1.52. The molecule has 3 nitrogen and oxygen atoms in total. The van der Waals surface area contributed by atoms with Crippen molar-refractivity contribution < 1.29 is 5.11 Å². The molecule has 0 fully saturated rings. The molecule has 0 spiro atoms. The van der Waals surface area contributed by atoms with Gasteiger partial charge in [-0.15, -0.1) is 0 Å². The topological polar surface area (TPSA) is 38.0 Å². The van der Waals surface area contributed by atoms with Gasteiger partial charge in [0.15, 0.2) is 0 Å². The number of aryl methyl sites for hydroxylation is 1. The van der Waals surface area contributed by atoms with Crippen molar-refractivity contribution in [3.8, 4) is 17.1 Å². The van der Waals surface area contributed by atoms with E-state index in [0.717, 1.165) is 22.4 Å². The van der Waals surface area contributed by atoms with Crippen molar-refractivity contribution in [1.29, 1.82) is 0 Å². The Balaban J connectivity index is 2.28. The molecule has 0 bridgehead atoms. The largest absolute Gasteiger partial charge is 0.507 e. The summed E-state index contributed by atoms with van der Waals surface area (Å²) in [4.78, 5) is 4.57. The molecule has 0 saturated heterocycles. The van der Waals surface area contributed by atoms with Gasteiger partial charge in [-0.25, -0.2) is 4.98 Å². The molecule has 2 aromatic carbocycles. The molecule has 0 aliphatic rings. The second-order valence-corrected chi connectivity index (χ2v) is 5.53. The molecule has 3 aromatic rings. The van der Waals surface area contributed by atoms with Crippen LogP contribution < -0.4 is 0 Å². The zero-order valence-electron chi connectivity index (χ0n) is 10.1. The van der Waals surface area contributed by atoms with E-state index in [1.165, 1.54) is 0 Å². The maximum absolute atomic E-state index is 9.77. The first-order valence-corrected chi connectivity index (χ1v) is 6.85. The Kier molecular flexibility index (Phi) is 2.99. The smallest absolute Gasteiger partial charge is 0.141 e. The molecule has 1 heterocycles. The van der Waals surface area contributed by atoms with Gasteiger partial charge in [-0.05, 0) is 46.3 Å². The molecule has 3 rings (SSSR count). The number of nitrogens with zero attached hydrogens (tertiary/aromatic N) is 2. The second-order valence-electron chi connectivity index (χ2n) is 4.27. The van der Waals surface area contributed by atoms with E-state index in [0.29, 0.717) is 9.50 Å². The van der Waals surface area contributed by atoms with Crippen LogP contribution in [-0.2, 0) is 7.05 Å². The zero-order chi connectivity index (χ0) is 13.6. The number of imidazole rings is 1. The van der Waals surface area contributed by atoms with Crippen LogP contribution in [0.4, 0.5) is 0 Å². The van der Waals surface area contributed by atoms with Crippen molar-refractivity contribution in [2.75, 3.05) is 0 Å². The summed E-state index contributed by atoms with van der Waals surface area (Å²) in [5.74, 6) is 0.960. The molecule has 96 valence electrons. The molecule has 0 radical (unpaired) electrons. The minimum Gasteiger partial charge on any atom is -0.507 e. The Morgan fingerprint density at radius 2 is 2.05 bits per heavy atom. The van der Waals surface area contributed by atoms with Crippen molar-refractivity contribution in [2.45, 2.75) is 0 Å². The minimum atomic E-state index is 0.190. The van der Waals surface area contributed by atoms with Crippen molar-refractivity contribution in [3.63, 3.8) is 0 Å². The first-order valence-electron chi connectivity index (χ1n) is 5.68. The highest BCUT2D eigenvalue weighted by molar-refractivity contribution is 9.10. The van der Waals surface area contributed by atoms with Gasteiger partial charge < -0.3 is 9.67 Å². The number of halogens is 2. The summed E-state index contributed by atoms with van der Waals surface area (Å²) in [7, 11) is 1.91. The lowest BCUT2D eigenvalue weighted by atomic mass is 10.2. The van der Waals surface area contributed by atoms with E-state index in [4.69, 9.17) is 11.6 Å².